The standard InChI is InChI=1S/C25H16N.C23H14N.C23H20N.C20H14N.4C5H8O2.4Ir/c1-2-7-18(8-3-1)20-10-6-11-21(15-20)25-16-24-22(17-26-25)14-13-19-9-4-5-12-23(19)24;1-3-9-19-16(6-1)8-5-11-21(19)23-14-22-18(15-24-23)13-12-17-7-2-4-10-20(17)22;1-23(2,3)19-12-10-17(11-13-19)22-14-21-18(15-24-22)9-8-16-6-4-5-7-20(16)21;1-14-6-8-16(9-7-14)20-12-19-17(13-21-20)11-10-15-4-2-3-5-18(15)19;4*1-4(6)3-5(2)7;;;;/h1-10,12-17H;1-10,12-15H;4-10,12-15H,1-3H3;2-8,10-13H,1H3;4*3,6H,1-2H3;;;;/q4*-1;;;;;;;;/p+4. The van der Waals surface area contributed by atoms with Gasteiger partial charge in [-0.15, -0.1) is 135 Å². The zero-order valence-corrected chi connectivity index (χ0v) is 82.1. The summed E-state index contributed by atoms with van der Waals surface area (Å²) in [6.45, 7) is 20.7. The first-order chi connectivity index (χ1) is 59.1. The molecule has 0 aliphatic heterocycles. The quantitative estimate of drug-likeness (QED) is 0.0357. The SMILES string of the molecule is CC(=[OH+])C=C(C)O.CC(=[OH+])C=C(C)O.CC(=[OH+])C=C(C)O.CC(=[OH+])C=C(C)O.CC(C)(C)c1c[c-]c(-c2cc3c(ccc4ccccc43)cn2)cc1.Cc1c[c-]c(-c2cc3c(ccc4ccccc43)cn2)cc1.[Ir].[Ir].[Ir].[Ir].[c-]1ccc(-c2ccccc2)cc1-c1cc2c(ccc3ccccc32)cn1.[c-]1ccc2ccccc2c1-c1cc2c(ccc3ccccc32)cn1. The maximum absolute atomic E-state index is 8.40. The third-order valence-corrected chi connectivity index (χ3v) is 19.5. The van der Waals surface area contributed by atoms with E-state index in [1.165, 1.54) is 188 Å². The maximum Gasteiger partial charge on any atom is 0.316 e. The van der Waals surface area contributed by atoms with E-state index in [-0.39, 0.29) is 132 Å². The number of aromatic nitrogens is 4. The van der Waals surface area contributed by atoms with Crippen molar-refractivity contribution in [1.29, 1.82) is 0 Å². The Hall–Kier alpha value is -12.5. The van der Waals surface area contributed by atoms with Crippen molar-refractivity contribution in [2.45, 2.75) is 88.5 Å². The average Bonchev–Trinajstić information content (AvgIpc) is 0.784. The van der Waals surface area contributed by atoms with Crippen LogP contribution in [0.3, 0.4) is 0 Å². The zero-order valence-electron chi connectivity index (χ0n) is 72.5. The van der Waals surface area contributed by atoms with Crippen LogP contribution in [0, 0.1) is 31.2 Å². The molecule has 4 radical (unpaired) electrons. The van der Waals surface area contributed by atoms with E-state index in [2.05, 4.69) is 334 Å². The fourth-order valence-electron chi connectivity index (χ4n) is 13.9. The van der Waals surface area contributed by atoms with Crippen molar-refractivity contribution in [3.8, 4) is 56.2 Å². The summed E-state index contributed by atoms with van der Waals surface area (Å²) in [5.41, 5.74) is 13.0. The van der Waals surface area contributed by atoms with Crippen LogP contribution in [0.2, 0.25) is 0 Å². The monoisotopic (exact) mass is 2390 g/mol. The van der Waals surface area contributed by atoms with Gasteiger partial charge in [0.1, 0.15) is 0 Å². The Balaban J connectivity index is 0.000000209. The van der Waals surface area contributed by atoms with Crippen molar-refractivity contribution in [1.82, 2.24) is 19.9 Å². The molecular formula is C111H100Ir4N4O8. The van der Waals surface area contributed by atoms with E-state index >= 15 is 0 Å². The molecular weight excluding hydrogens is 2290 g/mol. The fourth-order valence-corrected chi connectivity index (χ4v) is 13.9. The smallest absolute Gasteiger partial charge is 0.316 e. The van der Waals surface area contributed by atoms with E-state index < -0.39 is 0 Å². The van der Waals surface area contributed by atoms with Gasteiger partial charge in [-0.05, 0) is 148 Å². The third-order valence-electron chi connectivity index (χ3n) is 19.5. The summed E-state index contributed by atoms with van der Waals surface area (Å²) < 4.78 is 0. The second-order valence-electron chi connectivity index (χ2n) is 30.8. The predicted octanol–water partition coefficient (Wildman–Crippen LogP) is 27.9. The molecule has 0 bridgehead atoms. The second kappa shape index (κ2) is 48.8. The van der Waals surface area contributed by atoms with E-state index in [0.29, 0.717) is 0 Å². The van der Waals surface area contributed by atoms with Crippen LogP contribution in [-0.4, -0.2) is 82.7 Å². The van der Waals surface area contributed by atoms with Crippen LogP contribution >= 0.6 is 0 Å². The molecule has 0 aliphatic rings. The Morgan fingerprint density at radius 1 is 0.283 bits per heavy atom. The minimum absolute atomic E-state index is 0. The molecule has 4 heterocycles. The van der Waals surface area contributed by atoms with E-state index in [1.54, 1.807) is 0 Å². The molecule has 127 heavy (non-hydrogen) atoms. The summed E-state index contributed by atoms with van der Waals surface area (Å²) in [6, 6.07) is 115. The fraction of sp³-hybridized carbons (Fsp3) is 0.117. The number of fused-ring (bicyclic) bond motifs is 13. The molecule has 0 fully saturated rings. The largest absolute Gasteiger partial charge is 0.512 e. The van der Waals surface area contributed by atoms with Crippen LogP contribution in [0.4, 0.5) is 0 Å². The Morgan fingerprint density at radius 3 is 0.921 bits per heavy atom. The molecule has 0 saturated heterocycles. The minimum Gasteiger partial charge on any atom is -0.512 e. The minimum atomic E-state index is 0. The number of nitrogens with zero attached hydrogens (tertiary/aromatic N) is 4. The summed E-state index contributed by atoms with van der Waals surface area (Å²) in [5, 5.41) is 55.7. The maximum atomic E-state index is 8.40. The number of allylic oxidation sites excluding steroid dienone is 8. The van der Waals surface area contributed by atoms with E-state index in [0.717, 1.165) is 55.8 Å². The first-order valence-corrected chi connectivity index (χ1v) is 40.3. The van der Waals surface area contributed by atoms with E-state index in [1.807, 2.05) is 49.1 Å². The number of rotatable bonds is 9. The summed E-state index contributed by atoms with van der Waals surface area (Å²) in [7, 11) is 0. The second-order valence-corrected chi connectivity index (χ2v) is 30.8. The summed E-state index contributed by atoms with van der Waals surface area (Å²) in [5.74, 6) is 1.00. The number of pyridine rings is 4. The zero-order chi connectivity index (χ0) is 87.7. The number of aryl methyl sites for hydroxylation is 1. The van der Waals surface area contributed by atoms with Gasteiger partial charge in [-0.25, -0.2) is 0 Å². The van der Waals surface area contributed by atoms with E-state index in [4.69, 9.17) is 44.6 Å². The number of hydrogen-bond donors (Lipinski definition) is 4. The van der Waals surface area contributed by atoms with Crippen molar-refractivity contribution >= 4 is 120 Å². The molecule has 0 aliphatic carbocycles. The Labute approximate surface area is 796 Å². The number of aliphatic hydroxyl groups is 4. The van der Waals surface area contributed by atoms with Crippen LogP contribution < -0.4 is 0 Å². The van der Waals surface area contributed by atoms with Gasteiger partial charge in [0.2, 0.25) is 0 Å². The average molecular weight is 2390 g/mol. The first kappa shape index (κ1) is 102. The third kappa shape index (κ3) is 29.0. The van der Waals surface area contributed by atoms with Crippen LogP contribution in [-0.2, 0) is 85.8 Å². The molecule has 12 nitrogen and oxygen atoms in total. The molecule has 0 spiro atoms. The van der Waals surface area contributed by atoms with Crippen molar-refractivity contribution in [3.05, 3.63) is 399 Å². The van der Waals surface area contributed by atoms with Gasteiger partial charge in [-0.1, -0.05) is 258 Å². The molecule has 18 rings (SSSR count). The molecule has 4 aromatic heterocycles. The Bertz CT molecular complexity index is 6850. The molecule has 8 N–H and O–H groups in total. The van der Waals surface area contributed by atoms with Crippen LogP contribution in [0.1, 0.15) is 87.3 Å². The van der Waals surface area contributed by atoms with Gasteiger partial charge < -0.3 is 40.4 Å². The number of benzene rings is 14. The van der Waals surface area contributed by atoms with Gasteiger partial charge >= 0.3 is 23.1 Å². The van der Waals surface area contributed by atoms with E-state index in [9.17, 15) is 0 Å². The molecule has 648 valence electrons. The number of carbonyl (C=O) groups excluding carboxylic acids is 4. The van der Waals surface area contributed by atoms with Gasteiger partial charge in [0.25, 0.3) is 0 Å². The van der Waals surface area contributed by atoms with Gasteiger partial charge in [-0.3, -0.25) is 19.2 Å². The first-order valence-electron chi connectivity index (χ1n) is 40.3. The molecule has 0 saturated carbocycles. The summed E-state index contributed by atoms with van der Waals surface area (Å²) >= 11 is 0. The Kier molecular flexibility index (Phi) is 39.0. The molecule has 14 aromatic carbocycles. The number of aliphatic hydroxyl groups excluding tert-OH is 4. The van der Waals surface area contributed by atoms with Crippen LogP contribution in [0.25, 0.3) is 153 Å². The molecule has 18 aromatic rings. The van der Waals surface area contributed by atoms with Gasteiger partial charge in [0.05, 0.1) is 75.0 Å². The van der Waals surface area contributed by atoms with Crippen molar-refractivity contribution in [2.24, 2.45) is 0 Å². The predicted molar refractivity (Wildman–Crippen MR) is 516 cm³/mol. The summed E-state index contributed by atoms with van der Waals surface area (Å²) in [4.78, 5) is 52.2. The summed E-state index contributed by atoms with van der Waals surface area (Å²) in [6.07, 6.45) is 12.9. The molecule has 0 atom stereocenters. The normalized spacial score (nSPS) is 11.0. The molecule has 16 heteroatoms. The van der Waals surface area contributed by atoms with Gasteiger partial charge in [0, 0.05) is 105 Å². The van der Waals surface area contributed by atoms with Crippen molar-refractivity contribution in [3.63, 3.8) is 0 Å². The van der Waals surface area contributed by atoms with Crippen molar-refractivity contribution < 1.29 is 120 Å². The van der Waals surface area contributed by atoms with Crippen molar-refractivity contribution in [2.75, 3.05) is 0 Å². The molecule has 0 amide bonds. The van der Waals surface area contributed by atoms with Crippen LogP contribution in [0.15, 0.2) is 363 Å². The van der Waals surface area contributed by atoms with Crippen LogP contribution in [0.5, 0.6) is 0 Å². The number of hydrogen-bond acceptors (Lipinski definition) is 8. The Morgan fingerprint density at radius 2 is 0.591 bits per heavy atom. The van der Waals surface area contributed by atoms with Gasteiger partial charge in [0.15, 0.2) is 0 Å². The topological polar surface area (TPSA) is 218 Å². The number of ketones is 4. The molecule has 0 unspecified atom stereocenters. The van der Waals surface area contributed by atoms with Gasteiger partial charge in [-0.2, -0.15) is 0 Å².